The van der Waals surface area contributed by atoms with Gasteiger partial charge < -0.3 is 4.74 Å². The quantitative estimate of drug-likeness (QED) is 0.788. The number of ether oxygens (including phenoxy) is 1. The highest BCUT2D eigenvalue weighted by Crippen LogP contribution is 2.18. The van der Waals surface area contributed by atoms with Gasteiger partial charge in [-0.25, -0.2) is 0 Å². The first-order valence-electron chi connectivity index (χ1n) is 7.55. The molecular weight excluding hydrogens is 264 g/mol. The second-order valence-electron chi connectivity index (χ2n) is 6.38. The van der Waals surface area contributed by atoms with E-state index in [1.165, 1.54) is 0 Å². The molecule has 0 fully saturated rings. The molecule has 1 heterocycles. The van der Waals surface area contributed by atoms with E-state index in [1.807, 2.05) is 49.8 Å². The van der Waals surface area contributed by atoms with Gasteiger partial charge in [0.25, 0.3) is 0 Å². The van der Waals surface area contributed by atoms with Gasteiger partial charge >= 0.3 is 5.97 Å². The third kappa shape index (κ3) is 4.31. The molecule has 0 aliphatic carbocycles. The summed E-state index contributed by atoms with van der Waals surface area (Å²) >= 11 is 0. The zero-order valence-electron chi connectivity index (χ0n) is 13.3. The van der Waals surface area contributed by atoms with Crippen LogP contribution in [0, 0.1) is 0 Å². The minimum absolute atomic E-state index is 0.194. The van der Waals surface area contributed by atoms with Crippen molar-refractivity contribution in [2.24, 2.45) is 0 Å². The van der Waals surface area contributed by atoms with Crippen LogP contribution in [-0.2, 0) is 22.5 Å². The number of esters is 1. The minimum Gasteiger partial charge on any atom is -0.460 e. The number of rotatable bonds is 5. The molecule has 0 unspecified atom stereocenters. The lowest BCUT2D eigenvalue weighted by Crippen LogP contribution is -2.24. The van der Waals surface area contributed by atoms with E-state index >= 15 is 0 Å². The van der Waals surface area contributed by atoms with Crippen molar-refractivity contribution in [1.82, 2.24) is 9.78 Å². The molecule has 2 aromatic rings. The van der Waals surface area contributed by atoms with Crippen molar-refractivity contribution in [2.75, 3.05) is 0 Å². The zero-order valence-corrected chi connectivity index (χ0v) is 13.3. The molecule has 0 radical (unpaired) electrons. The monoisotopic (exact) mass is 288 g/mol. The second-order valence-corrected chi connectivity index (χ2v) is 6.38. The van der Waals surface area contributed by atoms with Crippen LogP contribution in [0.4, 0.5) is 0 Å². The Morgan fingerprint density at radius 2 is 2.10 bits per heavy atom. The van der Waals surface area contributed by atoms with Crippen molar-refractivity contribution < 1.29 is 9.53 Å². The van der Waals surface area contributed by atoms with Gasteiger partial charge in [0.1, 0.15) is 5.60 Å². The Labute approximate surface area is 126 Å². The molecule has 0 amide bonds. The van der Waals surface area contributed by atoms with E-state index in [9.17, 15) is 4.79 Å². The number of hydrogen-bond acceptors (Lipinski definition) is 3. The van der Waals surface area contributed by atoms with Crippen LogP contribution >= 0.6 is 0 Å². The molecule has 114 valence electrons. The first kappa shape index (κ1) is 15.5. The fourth-order valence-corrected chi connectivity index (χ4v) is 2.28. The molecule has 0 saturated carbocycles. The number of carbonyl (C=O) groups excluding carboxylic acids is 1. The average Bonchev–Trinajstić information content (AvgIpc) is 2.76. The van der Waals surface area contributed by atoms with Crippen LogP contribution in [0.3, 0.4) is 0 Å². The molecule has 2 rings (SSSR count). The van der Waals surface area contributed by atoms with Crippen LogP contribution in [0.5, 0.6) is 0 Å². The molecule has 1 aromatic carbocycles. The third-order valence-electron chi connectivity index (χ3n) is 3.20. The molecule has 4 nitrogen and oxygen atoms in total. The summed E-state index contributed by atoms with van der Waals surface area (Å²) < 4.78 is 7.38. The zero-order chi connectivity index (χ0) is 15.5. The first-order chi connectivity index (χ1) is 9.89. The van der Waals surface area contributed by atoms with E-state index in [4.69, 9.17) is 4.74 Å². The lowest BCUT2D eigenvalue weighted by atomic mass is 10.1. The molecule has 4 heteroatoms. The third-order valence-corrected chi connectivity index (χ3v) is 3.20. The lowest BCUT2D eigenvalue weighted by Gasteiger charge is -2.19. The standard InChI is InChI=1S/C17H24N2O2/c1-5-6-9-19-15-8-7-13(10-14(15)12-18-19)11-16(20)21-17(2,3)4/h7-8,10,12H,5-6,9,11H2,1-4H3. The summed E-state index contributed by atoms with van der Waals surface area (Å²) in [6.45, 7) is 8.75. The van der Waals surface area contributed by atoms with Crippen LogP contribution in [0.25, 0.3) is 10.9 Å². The maximum Gasteiger partial charge on any atom is 0.310 e. The van der Waals surface area contributed by atoms with Gasteiger partial charge in [0, 0.05) is 11.9 Å². The van der Waals surface area contributed by atoms with E-state index in [1.54, 1.807) is 0 Å². The van der Waals surface area contributed by atoms with Gasteiger partial charge in [0.05, 0.1) is 18.1 Å². The average molecular weight is 288 g/mol. The van der Waals surface area contributed by atoms with Gasteiger partial charge in [0.2, 0.25) is 0 Å². The SMILES string of the molecule is CCCCn1ncc2cc(CC(=O)OC(C)(C)C)ccc21. The van der Waals surface area contributed by atoms with Gasteiger partial charge in [-0.05, 0) is 44.9 Å². The van der Waals surface area contributed by atoms with Crippen LogP contribution in [0.15, 0.2) is 24.4 Å². The van der Waals surface area contributed by atoms with Crippen LogP contribution in [-0.4, -0.2) is 21.4 Å². The summed E-state index contributed by atoms with van der Waals surface area (Å²) in [4.78, 5) is 11.9. The van der Waals surface area contributed by atoms with Crippen molar-refractivity contribution in [3.05, 3.63) is 30.0 Å². The van der Waals surface area contributed by atoms with Gasteiger partial charge in [-0.1, -0.05) is 19.4 Å². The highest BCUT2D eigenvalue weighted by atomic mass is 16.6. The molecular formula is C17H24N2O2. The maximum absolute atomic E-state index is 11.9. The summed E-state index contributed by atoms with van der Waals surface area (Å²) in [5, 5.41) is 5.49. The van der Waals surface area contributed by atoms with E-state index in [-0.39, 0.29) is 5.97 Å². The van der Waals surface area contributed by atoms with Crippen LogP contribution in [0.1, 0.15) is 46.1 Å². The Kier molecular flexibility index (Phi) is 4.66. The van der Waals surface area contributed by atoms with Gasteiger partial charge in [-0.15, -0.1) is 0 Å². The Morgan fingerprint density at radius 1 is 1.33 bits per heavy atom. The summed E-state index contributed by atoms with van der Waals surface area (Å²) in [5.74, 6) is -0.194. The summed E-state index contributed by atoms with van der Waals surface area (Å²) in [5.41, 5.74) is 1.65. The number of benzene rings is 1. The molecule has 0 saturated heterocycles. The second kappa shape index (κ2) is 6.29. The normalized spacial score (nSPS) is 11.8. The number of fused-ring (bicyclic) bond motifs is 1. The topological polar surface area (TPSA) is 44.1 Å². The molecule has 0 atom stereocenters. The lowest BCUT2D eigenvalue weighted by molar-refractivity contribution is -0.153. The largest absolute Gasteiger partial charge is 0.460 e. The van der Waals surface area contributed by atoms with Crippen molar-refractivity contribution in [2.45, 2.75) is 59.1 Å². The number of unbranched alkanes of at least 4 members (excludes halogenated alkanes) is 1. The molecule has 0 aliphatic rings. The van der Waals surface area contributed by atoms with Crippen LogP contribution in [0.2, 0.25) is 0 Å². The Bertz CT molecular complexity index is 623. The van der Waals surface area contributed by atoms with Crippen molar-refractivity contribution in [3.63, 3.8) is 0 Å². The summed E-state index contributed by atoms with van der Waals surface area (Å²) in [6.07, 6.45) is 4.44. The molecule has 1 aromatic heterocycles. The Balaban J connectivity index is 2.11. The van der Waals surface area contributed by atoms with Crippen LogP contribution < -0.4 is 0 Å². The molecule has 0 N–H and O–H groups in total. The summed E-state index contributed by atoms with van der Waals surface area (Å²) in [7, 11) is 0. The predicted octanol–water partition coefficient (Wildman–Crippen LogP) is 3.72. The predicted molar refractivity (Wildman–Crippen MR) is 84.2 cm³/mol. The number of nitrogens with zero attached hydrogens (tertiary/aromatic N) is 2. The Hall–Kier alpha value is -1.84. The fraction of sp³-hybridized carbons (Fsp3) is 0.529. The minimum atomic E-state index is -0.438. The van der Waals surface area contributed by atoms with Gasteiger partial charge in [0.15, 0.2) is 0 Å². The number of carbonyl (C=O) groups is 1. The van der Waals surface area contributed by atoms with E-state index in [2.05, 4.69) is 12.0 Å². The van der Waals surface area contributed by atoms with Crippen molar-refractivity contribution >= 4 is 16.9 Å². The van der Waals surface area contributed by atoms with Gasteiger partial charge in [-0.3, -0.25) is 9.48 Å². The Morgan fingerprint density at radius 3 is 2.76 bits per heavy atom. The maximum atomic E-state index is 11.9. The van der Waals surface area contributed by atoms with E-state index < -0.39 is 5.60 Å². The smallest absolute Gasteiger partial charge is 0.310 e. The van der Waals surface area contributed by atoms with Gasteiger partial charge in [-0.2, -0.15) is 5.10 Å². The molecule has 0 spiro atoms. The molecule has 21 heavy (non-hydrogen) atoms. The number of aryl methyl sites for hydroxylation is 1. The van der Waals surface area contributed by atoms with E-state index in [0.717, 1.165) is 35.9 Å². The number of hydrogen-bond donors (Lipinski definition) is 0. The van der Waals surface area contributed by atoms with E-state index in [0.29, 0.717) is 6.42 Å². The van der Waals surface area contributed by atoms with Crippen molar-refractivity contribution in [3.8, 4) is 0 Å². The summed E-state index contributed by atoms with van der Waals surface area (Å²) in [6, 6.07) is 6.04. The first-order valence-corrected chi connectivity index (χ1v) is 7.55. The fourth-order valence-electron chi connectivity index (χ4n) is 2.28. The number of aromatic nitrogens is 2. The van der Waals surface area contributed by atoms with Crippen molar-refractivity contribution in [1.29, 1.82) is 0 Å². The highest BCUT2D eigenvalue weighted by Gasteiger charge is 2.16. The highest BCUT2D eigenvalue weighted by molar-refractivity contribution is 5.81. The molecule has 0 aliphatic heterocycles. The molecule has 0 bridgehead atoms.